The summed E-state index contributed by atoms with van der Waals surface area (Å²) in [6.45, 7) is 2.89. The van der Waals surface area contributed by atoms with Crippen molar-refractivity contribution in [3.05, 3.63) is 29.8 Å². The van der Waals surface area contributed by atoms with Gasteiger partial charge in [-0.3, -0.25) is 0 Å². The Morgan fingerprint density at radius 2 is 1.86 bits per heavy atom. The molecule has 0 radical (unpaired) electrons. The number of carbonyl (C=O) groups is 1. The average molecular weight is 327 g/mol. The van der Waals surface area contributed by atoms with E-state index in [1.54, 1.807) is 17.0 Å². The molecular formula is C14H21N3O4S. The van der Waals surface area contributed by atoms with Crippen LogP contribution in [0.3, 0.4) is 0 Å². The van der Waals surface area contributed by atoms with Crippen LogP contribution < -0.4 is 10.5 Å². The zero-order valence-electron chi connectivity index (χ0n) is 12.4. The van der Waals surface area contributed by atoms with Crippen LogP contribution in [-0.4, -0.2) is 43.6 Å². The minimum atomic E-state index is -3.71. The highest BCUT2D eigenvalue weighted by atomic mass is 32.2. The molecule has 1 aliphatic heterocycles. The van der Waals surface area contributed by atoms with Gasteiger partial charge in [-0.1, -0.05) is 12.1 Å². The molecule has 1 aliphatic rings. The molecule has 2 amide bonds. The summed E-state index contributed by atoms with van der Waals surface area (Å²) in [5.74, 6) is 0. The first-order valence-electron chi connectivity index (χ1n) is 7.13. The van der Waals surface area contributed by atoms with Gasteiger partial charge in [-0.25, -0.2) is 18.4 Å². The number of sulfonamides is 1. The van der Waals surface area contributed by atoms with Gasteiger partial charge in [0.25, 0.3) is 0 Å². The van der Waals surface area contributed by atoms with Gasteiger partial charge in [0.2, 0.25) is 10.0 Å². The number of amides is 2. The maximum absolute atomic E-state index is 12.1. The number of hydrogen-bond acceptors (Lipinski definition) is 4. The van der Waals surface area contributed by atoms with Gasteiger partial charge >= 0.3 is 6.03 Å². The number of carbonyl (C=O) groups excluding carboxylic acids is 1. The van der Waals surface area contributed by atoms with Gasteiger partial charge in [0.15, 0.2) is 0 Å². The number of aliphatic hydroxyl groups excluding tert-OH is 1. The van der Waals surface area contributed by atoms with E-state index in [1.807, 2.05) is 6.92 Å². The molecule has 1 saturated heterocycles. The fourth-order valence-electron chi connectivity index (χ4n) is 2.37. The third kappa shape index (κ3) is 4.19. The molecule has 0 aromatic heterocycles. The van der Waals surface area contributed by atoms with E-state index in [2.05, 4.69) is 5.32 Å². The first kappa shape index (κ1) is 16.7. The van der Waals surface area contributed by atoms with Crippen LogP contribution in [0.1, 0.15) is 31.4 Å². The van der Waals surface area contributed by atoms with Crippen molar-refractivity contribution in [2.45, 2.75) is 36.8 Å². The predicted molar refractivity (Wildman–Crippen MR) is 81.6 cm³/mol. The maximum atomic E-state index is 12.1. The lowest BCUT2D eigenvalue weighted by atomic mass is 10.1. The van der Waals surface area contributed by atoms with E-state index < -0.39 is 10.0 Å². The summed E-state index contributed by atoms with van der Waals surface area (Å²) in [4.78, 5) is 13.8. The van der Waals surface area contributed by atoms with Gasteiger partial charge in [-0.15, -0.1) is 0 Å². The van der Waals surface area contributed by atoms with E-state index in [4.69, 9.17) is 5.14 Å². The lowest BCUT2D eigenvalue weighted by molar-refractivity contribution is 0.0930. The monoisotopic (exact) mass is 327 g/mol. The van der Waals surface area contributed by atoms with Crippen LogP contribution in [0.15, 0.2) is 29.2 Å². The lowest BCUT2D eigenvalue weighted by Gasteiger charge is -2.30. The smallest absolute Gasteiger partial charge is 0.317 e. The van der Waals surface area contributed by atoms with E-state index in [-0.39, 0.29) is 23.1 Å². The Bertz CT molecular complexity index is 622. The summed E-state index contributed by atoms with van der Waals surface area (Å²) in [7, 11) is -3.71. The first-order chi connectivity index (χ1) is 10.3. The molecule has 1 fully saturated rings. The van der Waals surface area contributed by atoms with Crippen molar-refractivity contribution in [1.82, 2.24) is 10.2 Å². The number of likely N-dealkylation sites (tertiary alicyclic amines) is 1. The van der Waals surface area contributed by atoms with Gasteiger partial charge < -0.3 is 15.3 Å². The number of benzene rings is 1. The largest absolute Gasteiger partial charge is 0.393 e. The second-order valence-electron chi connectivity index (χ2n) is 5.50. The molecule has 4 N–H and O–H groups in total. The van der Waals surface area contributed by atoms with E-state index in [1.165, 1.54) is 12.1 Å². The molecule has 2 rings (SSSR count). The van der Waals surface area contributed by atoms with Crippen LogP contribution in [0.5, 0.6) is 0 Å². The Balaban J connectivity index is 1.97. The summed E-state index contributed by atoms with van der Waals surface area (Å²) in [6.07, 6.45) is 0.850. The van der Waals surface area contributed by atoms with Crippen LogP contribution in [0.4, 0.5) is 4.79 Å². The van der Waals surface area contributed by atoms with Crippen molar-refractivity contribution in [3.8, 4) is 0 Å². The number of aliphatic hydroxyl groups is 1. The highest BCUT2D eigenvalue weighted by Gasteiger charge is 2.22. The molecular weight excluding hydrogens is 306 g/mol. The summed E-state index contributed by atoms with van der Waals surface area (Å²) in [6, 6.07) is 5.66. The summed E-state index contributed by atoms with van der Waals surface area (Å²) < 4.78 is 22.4. The summed E-state index contributed by atoms with van der Waals surface area (Å²) in [5.41, 5.74) is 0.790. The summed E-state index contributed by atoms with van der Waals surface area (Å²) >= 11 is 0. The van der Waals surface area contributed by atoms with Crippen LogP contribution >= 0.6 is 0 Å². The fraction of sp³-hybridized carbons (Fsp3) is 0.500. The third-order valence-corrected chi connectivity index (χ3v) is 4.73. The van der Waals surface area contributed by atoms with Crippen molar-refractivity contribution >= 4 is 16.1 Å². The van der Waals surface area contributed by atoms with Crippen LogP contribution in [0, 0.1) is 0 Å². The Hall–Kier alpha value is -1.64. The number of piperidine rings is 1. The zero-order valence-corrected chi connectivity index (χ0v) is 13.2. The van der Waals surface area contributed by atoms with E-state index in [0.29, 0.717) is 25.9 Å². The lowest BCUT2D eigenvalue weighted by Crippen LogP contribution is -2.46. The van der Waals surface area contributed by atoms with E-state index in [9.17, 15) is 18.3 Å². The van der Waals surface area contributed by atoms with Gasteiger partial charge in [0.1, 0.15) is 0 Å². The molecule has 1 heterocycles. The SMILES string of the molecule is CC(NC(=O)N1CCC(O)CC1)c1ccc(S(N)(=O)=O)cc1. The molecule has 8 heteroatoms. The molecule has 1 atom stereocenters. The van der Waals surface area contributed by atoms with Gasteiger partial charge in [-0.05, 0) is 37.5 Å². The average Bonchev–Trinajstić information content (AvgIpc) is 2.47. The molecule has 0 spiro atoms. The molecule has 1 aromatic carbocycles. The Morgan fingerprint density at radius 1 is 1.32 bits per heavy atom. The summed E-state index contributed by atoms with van der Waals surface area (Å²) in [5, 5.41) is 17.4. The minimum Gasteiger partial charge on any atom is -0.393 e. The topological polar surface area (TPSA) is 113 Å². The number of nitrogens with two attached hydrogens (primary N) is 1. The second kappa shape index (κ2) is 6.64. The van der Waals surface area contributed by atoms with E-state index in [0.717, 1.165) is 5.56 Å². The number of hydrogen-bond donors (Lipinski definition) is 3. The van der Waals surface area contributed by atoms with Crippen LogP contribution in [-0.2, 0) is 10.0 Å². The van der Waals surface area contributed by atoms with Crippen molar-refractivity contribution in [2.24, 2.45) is 5.14 Å². The Labute approximate surface area is 130 Å². The quantitative estimate of drug-likeness (QED) is 0.753. The van der Waals surface area contributed by atoms with Crippen molar-refractivity contribution < 1.29 is 18.3 Å². The molecule has 0 saturated carbocycles. The normalized spacial score (nSPS) is 18.0. The van der Waals surface area contributed by atoms with Gasteiger partial charge in [0.05, 0.1) is 17.0 Å². The zero-order chi connectivity index (χ0) is 16.3. The molecule has 0 bridgehead atoms. The number of nitrogens with zero attached hydrogens (tertiary/aromatic N) is 1. The molecule has 1 aromatic rings. The highest BCUT2D eigenvalue weighted by Crippen LogP contribution is 2.17. The number of urea groups is 1. The van der Waals surface area contributed by atoms with Gasteiger partial charge in [0, 0.05) is 13.1 Å². The third-order valence-electron chi connectivity index (χ3n) is 3.80. The Kier molecular flexibility index (Phi) is 5.05. The Morgan fingerprint density at radius 3 is 2.36 bits per heavy atom. The predicted octanol–water partition coefficient (Wildman–Crippen LogP) is 0.561. The molecule has 22 heavy (non-hydrogen) atoms. The van der Waals surface area contributed by atoms with E-state index >= 15 is 0 Å². The van der Waals surface area contributed by atoms with Crippen molar-refractivity contribution in [3.63, 3.8) is 0 Å². The van der Waals surface area contributed by atoms with Crippen molar-refractivity contribution in [1.29, 1.82) is 0 Å². The molecule has 0 aliphatic carbocycles. The second-order valence-corrected chi connectivity index (χ2v) is 7.06. The maximum Gasteiger partial charge on any atom is 0.317 e. The highest BCUT2D eigenvalue weighted by molar-refractivity contribution is 7.89. The minimum absolute atomic E-state index is 0.0415. The van der Waals surface area contributed by atoms with Crippen LogP contribution in [0.2, 0.25) is 0 Å². The molecule has 1 unspecified atom stereocenters. The number of nitrogens with one attached hydrogen (secondary N) is 1. The molecule has 122 valence electrons. The van der Waals surface area contributed by atoms with Crippen molar-refractivity contribution in [2.75, 3.05) is 13.1 Å². The van der Waals surface area contributed by atoms with Gasteiger partial charge in [-0.2, -0.15) is 0 Å². The number of rotatable bonds is 3. The first-order valence-corrected chi connectivity index (χ1v) is 8.68. The molecule has 7 nitrogen and oxygen atoms in total. The fourth-order valence-corrected chi connectivity index (χ4v) is 2.89. The number of primary sulfonamides is 1. The van der Waals surface area contributed by atoms with Crippen LogP contribution in [0.25, 0.3) is 0 Å². The standard InChI is InChI=1S/C14H21N3O4S/c1-10(11-2-4-13(5-3-11)22(15,20)21)16-14(19)17-8-6-12(18)7-9-17/h2-5,10,12,18H,6-9H2,1H3,(H,16,19)(H2,15,20,21).